The maximum absolute atomic E-state index is 13.5. The molecule has 0 radical (unpaired) electrons. The second-order valence-electron chi connectivity index (χ2n) is 6.63. The van der Waals surface area contributed by atoms with Crippen molar-refractivity contribution in [1.82, 2.24) is 9.29 Å². The first-order valence-corrected chi connectivity index (χ1v) is 9.66. The molecule has 0 bridgehead atoms. The standard InChI is InChI=1S/C19H19FN2O2S/c1-12-3-5-15-16-11-22(8-7-18(16)21-19(15)9-12)25(23,24)14-4-6-17(20)13(2)10-14/h3-6,9-10,21H,7-8,11H2,1-2H3. The number of aromatic nitrogens is 1. The van der Waals surface area contributed by atoms with E-state index < -0.39 is 15.8 Å². The normalized spacial score (nSPS) is 15.5. The van der Waals surface area contributed by atoms with E-state index >= 15 is 0 Å². The second kappa shape index (κ2) is 5.68. The Morgan fingerprint density at radius 2 is 1.92 bits per heavy atom. The third kappa shape index (κ3) is 2.65. The van der Waals surface area contributed by atoms with Gasteiger partial charge in [0.25, 0.3) is 0 Å². The van der Waals surface area contributed by atoms with E-state index in [0.717, 1.165) is 27.7 Å². The molecule has 25 heavy (non-hydrogen) atoms. The number of aromatic amines is 1. The first-order valence-electron chi connectivity index (χ1n) is 8.22. The van der Waals surface area contributed by atoms with Crippen LogP contribution in [0.3, 0.4) is 0 Å². The van der Waals surface area contributed by atoms with E-state index in [9.17, 15) is 12.8 Å². The van der Waals surface area contributed by atoms with Crippen molar-refractivity contribution in [1.29, 1.82) is 0 Å². The minimum atomic E-state index is -3.65. The first kappa shape index (κ1) is 16.3. The summed E-state index contributed by atoms with van der Waals surface area (Å²) in [5, 5.41) is 1.07. The monoisotopic (exact) mass is 358 g/mol. The van der Waals surface area contributed by atoms with E-state index in [2.05, 4.69) is 11.1 Å². The number of H-pyrrole nitrogens is 1. The number of halogens is 1. The molecular weight excluding hydrogens is 339 g/mol. The number of benzene rings is 2. The summed E-state index contributed by atoms with van der Waals surface area (Å²) in [4.78, 5) is 3.56. The zero-order valence-electron chi connectivity index (χ0n) is 14.1. The molecule has 0 amide bonds. The Balaban J connectivity index is 1.74. The van der Waals surface area contributed by atoms with Crippen LogP contribution in [0.15, 0.2) is 41.3 Å². The molecule has 130 valence electrons. The highest BCUT2D eigenvalue weighted by Crippen LogP contribution is 2.31. The molecule has 0 aliphatic carbocycles. The molecule has 0 fully saturated rings. The van der Waals surface area contributed by atoms with E-state index in [1.165, 1.54) is 22.5 Å². The summed E-state index contributed by atoms with van der Waals surface area (Å²) < 4.78 is 40.9. The molecule has 0 saturated carbocycles. The Kier molecular flexibility index (Phi) is 3.70. The van der Waals surface area contributed by atoms with Crippen molar-refractivity contribution in [3.8, 4) is 0 Å². The van der Waals surface area contributed by atoms with Gasteiger partial charge in [-0.2, -0.15) is 4.31 Å². The van der Waals surface area contributed by atoms with Crippen LogP contribution < -0.4 is 0 Å². The fourth-order valence-electron chi connectivity index (χ4n) is 3.44. The van der Waals surface area contributed by atoms with Gasteiger partial charge in [-0.15, -0.1) is 0 Å². The van der Waals surface area contributed by atoms with Crippen molar-refractivity contribution in [2.24, 2.45) is 0 Å². The largest absolute Gasteiger partial charge is 0.358 e. The van der Waals surface area contributed by atoms with Crippen molar-refractivity contribution < 1.29 is 12.8 Å². The van der Waals surface area contributed by atoms with Gasteiger partial charge in [0.15, 0.2) is 0 Å². The van der Waals surface area contributed by atoms with Crippen LogP contribution in [-0.4, -0.2) is 24.3 Å². The molecule has 2 aromatic carbocycles. The number of nitrogens with zero attached hydrogens (tertiary/aromatic N) is 1. The minimum Gasteiger partial charge on any atom is -0.358 e. The predicted molar refractivity (Wildman–Crippen MR) is 95.5 cm³/mol. The number of hydrogen-bond acceptors (Lipinski definition) is 2. The van der Waals surface area contributed by atoms with Crippen LogP contribution in [0.1, 0.15) is 22.4 Å². The van der Waals surface area contributed by atoms with Crippen LogP contribution in [0.2, 0.25) is 0 Å². The number of rotatable bonds is 2. The molecule has 0 spiro atoms. The molecule has 2 heterocycles. The van der Waals surface area contributed by atoms with Crippen molar-refractivity contribution in [3.63, 3.8) is 0 Å². The SMILES string of the molecule is Cc1ccc2c3c([nH]c2c1)CCN(S(=O)(=O)c1ccc(F)c(C)c1)C3. The molecule has 0 unspecified atom stereocenters. The maximum atomic E-state index is 13.5. The summed E-state index contributed by atoms with van der Waals surface area (Å²) in [5.74, 6) is -0.396. The van der Waals surface area contributed by atoms with Crippen LogP contribution in [0.5, 0.6) is 0 Å². The highest BCUT2D eigenvalue weighted by atomic mass is 32.2. The van der Waals surface area contributed by atoms with E-state index in [0.29, 0.717) is 25.1 Å². The van der Waals surface area contributed by atoms with Crippen LogP contribution in [0.4, 0.5) is 4.39 Å². The molecule has 4 nitrogen and oxygen atoms in total. The molecule has 3 aromatic rings. The van der Waals surface area contributed by atoms with Gasteiger partial charge in [-0.05, 0) is 54.8 Å². The second-order valence-corrected chi connectivity index (χ2v) is 8.57. The van der Waals surface area contributed by atoms with Gasteiger partial charge in [-0.25, -0.2) is 12.8 Å². The van der Waals surface area contributed by atoms with E-state index in [4.69, 9.17) is 0 Å². The molecule has 0 atom stereocenters. The average molecular weight is 358 g/mol. The number of hydrogen-bond donors (Lipinski definition) is 1. The molecule has 6 heteroatoms. The Bertz CT molecular complexity index is 1090. The van der Waals surface area contributed by atoms with Crippen LogP contribution in [-0.2, 0) is 23.0 Å². The lowest BCUT2D eigenvalue weighted by Crippen LogP contribution is -2.35. The van der Waals surface area contributed by atoms with Crippen molar-refractivity contribution in [2.75, 3.05) is 6.54 Å². The Morgan fingerprint density at radius 1 is 1.12 bits per heavy atom. The van der Waals surface area contributed by atoms with Gasteiger partial charge in [0, 0.05) is 36.1 Å². The first-order chi connectivity index (χ1) is 11.9. The molecule has 1 aromatic heterocycles. The summed E-state index contributed by atoms with van der Waals surface area (Å²) in [6, 6.07) is 10.1. The lowest BCUT2D eigenvalue weighted by Gasteiger charge is -2.26. The summed E-state index contributed by atoms with van der Waals surface area (Å²) in [5.41, 5.74) is 4.67. The van der Waals surface area contributed by atoms with Gasteiger partial charge in [0.1, 0.15) is 5.82 Å². The lowest BCUT2D eigenvalue weighted by atomic mass is 10.1. The summed E-state index contributed by atoms with van der Waals surface area (Å²) in [7, 11) is -3.65. The molecular formula is C19H19FN2O2S. The number of fused-ring (bicyclic) bond motifs is 3. The Labute approximate surface area is 146 Å². The molecule has 1 aliphatic heterocycles. The van der Waals surface area contributed by atoms with E-state index in [-0.39, 0.29) is 4.90 Å². The third-order valence-corrected chi connectivity index (χ3v) is 6.70. The average Bonchev–Trinajstić information content (AvgIpc) is 2.93. The molecule has 1 N–H and O–H groups in total. The van der Waals surface area contributed by atoms with E-state index in [1.807, 2.05) is 19.1 Å². The van der Waals surface area contributed by atoms with Gasteiger partial charge in [-0.3, -0.25) is 0 Å². The van der Waals surface area contributed by atoms with Gasteiger partial charge >= 0.3 is 0 Å². The maximum Gasteiger partial charge on any atom is 0.243 e. The number of sulfonamides is 1. The van der Waals surface area contributed by atoms with Crippen LogP contribution in [0, 0.1) is 19.7 Å². The van der Waals surface area contributed by atoms with Gasteiger partial charge in [0.2, 0.25) is 10.0 Å². The summed E-state index contributed by atoms with van der Waals surface area (Å²) >= 11 is 0. The van der Waals surface area contributed by atoms with Crippen molar-refractivity contribution in [3.05, 3.63) is 64.6 Å². The molecule has 1 aliphatic rings. The van der Waals surface area contributed by atoms with E-state index in [1.54, 1.807) is 6.92 Å². The fourth-order valence-corrected chi connectivity index (χ4v) is 4.94. The molecule has 4 rings (SSSR count). The highest BCUT2D eigenvalue weighted by Gasteiger charge is 2.30. The smallest absolute Gasteiger partial charge is 0.243 e. The minimum absolute atomic E-state index is 0.144. The van der Waals surface area contributed by atoms with Crippen molar-refractivity contribution in [2.45, 2.75) is 31.7 Å². The zero-order chi connectivity index (χ0) is 17.8. The number of aryl methyl sites for hydroxylation is 2. The van der Waals surface area contributed by atoms with Gasteiger partial charge < -0.3 is 4.98 Å². The van der Waals surface area contributed by atoms with Gasteiger partial charge in [-0.1, -0.05) is 12.1 Å². The quantitative estimate of drug-likeness (QED) is 0.760. The molecule has 0 saturated heterocycles. The summed E-state index contributed by atoms with van der Waals surface area (Å²) in [6.45, 7) is 4.35. The van der Waals surface area contributed by atoms with Gasteiger partial charge in [0.05, 0.1) is 4.90 Å². The topological polar surface area (TPSA) is 53.2 Å². The fraction of sp³-hybridized carbons (Fsp3) is 0.263. The van der Waals surface area contributed by atoms with Crippen LogP contribution in [0.25, 0.3) is 10.9 Å². The van der Waals surface area contributed by atoms with Crippen molar-refractivity contribution >= 4 is 20.9 Å². The zero-order valence-corrected chi connectivity index (χ0v) is 15.0. The Morgan fingerprint density at radius 3 is 2.68 bits per heavy atom. The Hall–Kier alpha value is -2.18. The third-order valence-electron chi connectivity index (χ3n) is 4.86. The lowest BCUT2D eigenvalue weighted by molar-refractivity contribution is 0.391. The number of nitrogens with one attached hydrogen (secondary N) is 1. The summed E-state index contributed by atoms with van der Waals surface area (Å²) in [6.07, 6.45) is 0.641. The van der Waals surface area contributed by atoms with Crippen LogP contribution >= 0.6 is 0 Å². The highest BCUT2D eigenvalue weighted by molar-refractivity contribution is 7.89. The predicted octanol–water partition coefficient (Wildman–Crippen LogP) is 3.67.